The highest BCUT2D eigenvalue weighted by molar-refractivity contribution is 5.98. The summed E-state index contributed by atoms with van der Waals surface area (Å²) in [4.78, 5) is 12.1. The maximum Gasteiger partial charge on any atom is 0.417 e. The van der Waals surface area contributed by atoms with Gasteiger partial charge in [0.2, 0.25) is 0 Å². The second-order valence-electron chi connectivity index (χ2n) is 4.69. The van der Waals surface area contributed by atoms with Crippen LogP contribution in [0.1, 0.15) is 33.9 Å². The van der Waals surface area contributed by atoms with Crippen LogP contribution in [-0.2, 0) is 6.18 Å². The zero-order chi connectivity index (χ0) is 15.5. The fraction of sp³-hybridized carbons (Fsp3) is 0.188. The number of carbonyl (C=O) groups excluding carboxylic acids is 1. The van der Waals surface area contributed by atoms with Gasteiger partial charge in [-0.2, -0.15) is 13.2 Å². The molecule has 0 aliphatic heterocycles. The van der Waals surface area contributed by atoms with Crippen LogP contribution in [-0.4, -0.2) is 5.78 Å². The molecule has 5 heteroatoms. The lowest BCUT2D eigenvalue weighted by atomic mass is 9.95. The Kier molecular flexibility index (Phi) is 4.43. The van der Waals surface area contributed by atoms with Crippen molar-refractivity contribution in [1.82, 2.24) is 0 Å². The summed E-state index contributed by atoms with van der Waals surface area (Å²) in [6.07, 6.45) is -4.72. The third-order valence-electron chi connectivity index (χ3n) is 3.17. The van der Waals surface area contributed by atoms with Crippen LogP contribution >= 0.6 is 0 Å². The van der Waals surface area contributed by atoms with E-state index in [2.05, 4.69) is 0 Å². The zero-order valence-corrected chi connectivity index (χ0v) is 11.1. The van der Waals surface area contributed by atoms with Gasteiger partial charge in [0.15, 0.2) is 5.78 Å². The van der Waals surface area contributed by atoms with Crippen molar-refractivity contribution >= 4 is 5.78 Å². The van der Waals surface area contributed by atoms with E-state index in [0.29, 0.717) is 0 Å². The van der Waals surface area contributed by atoms with Gasteiger partial charge < -0.3 is 5.73 Å². The molecule has 0 amide bonds. The number of hydrogen-bond acceptors (Lipinski definition) is 2. The lowest BCUT2D eigenvalue weighted by molar-refractivity contribution is -0.137. The van der Waals surface area contributed by atoms with Crippen molar-refractivity contribution < 1.29 is 18.0 Å². The van der Waals surface area contributed by atoms with E-state index in [-0.39, 0.29) is 12.0 Å². The zero-order valence-electron chi connectivity index (χ0n) is 11.1. The second-order valence-corrected chi connectivity index (χ2v) is 4.69. The van der Waals surface area contributed by atoms with E-state index in [9.17, 15) is 18.0 Å². The molecule has 0 radical (unpaired) electrons. The fourth-order valence-corrected chi connectivity index (χ4v) is 2.10. The number of benzene rings is 2. The molecule has 0 aliphatic carbocycles. The Morgan fingerprint density at radius 1 is 1.00 bits per heavy atom. The Morgan fingerprint density at radius 2 is 1.57 bits per heavy atom. The monoisotopic (exact) mass is 293 g/mol. The van der Waals surface area contributed by atoms with Crippen LogP contribution in [0.15, 0.2) is 54.6 Å². The van der Waals surface area contributed by atoms with Crippen molar-refractivity contribution in [2.75, 3.05) is 0 Å². The van der Waals surface area contributed by atoms with Gasteiger partial charge >= 0.3 is 6.18 Å². The lowest BCUT2D eigenvalue weighted by Gasteiger charge is -2.14. The van der Waals surface area contributed by atoms with E-state index in [0.717, 1.165) is 11.6 Å². The standard InChI is InChI=1S/C16H14F3NO/c17-16(18,19)13-9-5-4-8-12(13)15(21)10-14(20)11-6-2-1-3-7-11/h1-9,14H,10,20H2. The van der Waals surface area contributed by atoms with Crippen molar-refractivity contribution in [2.24, 2.45) is 5.73 Å². The molecule has 0 spiro atoms. The molecule has 21 heavy (non-hydrogen) atoms. The highest BCUT2D eigenvalue weighted by atomic mass is 19.4. The lowest BCUT2D eigenvalue weighted by Crippen LogP contribution is -2.18. The third-order valence-corrected chi connectivity index (χ3v) is 3.17. The minimum absolute atomic E-state index is 0.170. The molecule has 0 fully saturated rings. The Hall–Kier alpha value is -2.14. The molecule has 2 N–H and O–H groups in total. The van der Waals surface area contributed by atoms with E-state index < -0.39 is 23.6 Å². The molecular formula is C16H14F3NO. The Morgan fingerprint density at radius 3 is 2.19 bits per heavy atom. The summed E-state index contributed by atoms with van der Waals surface area (Å²) in [5.41, 5.74) is 5.35. The summed E-state index contributed by atoms with van der Waals surface area (Å²) in [5, 5.41) is 0. The van der Waals surface area contributed by atoms with Gasteiger partial charge in [0.25, 0.3) is 0 Å². The summed E-state index contributed by atoms with van der Waals surface area (Å²) < 4.78 is 38.7. The molecule has 2 rings (SSSR count). The van der Waals surface area contributed by atoms with Crippen LogP contribution in [0.5, 0.6) is 0 Å². The first-order valence-corrected chi connectivity index (χ1v) is 6.39. The smallest absolute Gasteiger partial charge is 0.324 e. The van der Waals surface area contributed by atoms with E-state index in [1.54, 1.807) is 30.3 Å². The summed E-state index contributed by atoms with van der Waals surface area (Å²) >= 11 is 0. The minimum Gasteiger partial charge on any atom is -0.324 e. The largest absolute Gasteiger partial charge is 0.417 e. The molecule has 1 atom stereocenters. The van der Waals surface area contributed by atoms with Gasteiger partial charge in [-0.15, -0.1) is 0 Å². The molecule has 0 saturated heterocycles. The maximum absolute atomic E-state index is 12.9. The van der Waals surface area contributed by atoms with Crippen LogP contribution < -0.4 is 5.73 Å². The van der Waals surface area contributed by atoms with E-state index in [1.165, 1.54) is 18.2 Å². The van der Waals surface area contributed by atoms with Crippen molar-refractivity contribution in [3.63, 3.8) is 0 Å². The minimum atomic E-state index is -4.55. The number of ketones is 1. The number of Topliss-reactive ketones (excluding diaryl/α,β-unsaturated/α-hetero) is 1. The molecule has 0 saturated carbocycles. The number of hydrogen-bond donors (Lipinski definition) is 1. The molecular weight excluding hydrogens is 279 g/mol. The summed E-state index contributed by atoms with van der Waals surface area (Å²) in [7, 11) is 0. The molecule has 0 aromatic heterocycles. The van der Waals surface area contributed by atoms with Crippen molar-refractivity contribution in [3.05, 3.63) is 71.3 Å². The summed E-state index contributed by atoms with van der Waals surface area (Å²) in [6, 6.07) is 13.0. The van der Waals surface area contributed by atoms with Gasteiger partial charge in [-0.3, -0.25) is 4.79 Å². The maximum atomic E-state index is 12.9. The SMILES string of the molecule is NC(CC(=O)c1ccccc1C(F)(F)F)c1ccccc1. The van der Waals surface area contributed by atoms with E-state index in [1.807, 2.05) is 0 Å². The Bertz CT molecular complexity index is 623. The topological polar surface area (TPSA) is 43.1 Å². The predicted octanol–water partition coefficient (Wildman–Crippen LogP) is 3.98. The second kappa shape index (κ2) is 6.10. The molecule has 1 unspecified atom stereocenters. The van der Waals surface area contributed by atoms with Crippen LogP contribution in [0.3, 0.4) is 0 Å². The Balaban J connectivity index is 2.22. The van der Waals surface area contributed by atoms with Crippen LogP contribution in [0, 0.1) is 0 Å². The number of carbonyl (C=O) groups is 1. The van der Waals surface area contributed by atoms with Crippen LogP contribution in [0.2, 0.25) is 0 Å². The van der Waals surface area contributed by atoms with Gasteiger partial charge in [-0.25, -0.2) is 0 Å². The average molecular weight is 293 g/mol. The highest BCUT2D eigenvalue weighted by Gasteiger charge is 2.34. The number of nitrogens with two attached hydrogens (primary N) is 1. The van der Waals surface area contributed by atoms with Gasteiger partial charge in [0.05, 0.1) is 5.56 Å². The highest BCUT2D eigenvalue weighted by Crippen LogP contribution is 2.33. The van der Waals surface area contributed by atoms with Crippen LogP contribution in [0.4, 0.5) is 13.2 Å². The molecule has 2 aromatic rings. The van der Waals surface area contributed by atoms with Gasteiger partial charge in [0.1, 0.15) is 0 Å². The fourth-order valence-electron chi connectivity index (χ4n) is 2.10. The van der Waals surface area contributed by atoms with Crippen molar-refractivity contribution in [2.45, 2.75) is 18.6 Å². The first kappa shape index (κ1) is 15.3. The molecule has 0 aliphatic rings. The van der Waals surface area contributed by atoms with E-state index >= 15 is 0 Å². The molecule has 2 nitrogen and oxygen atoms in total. The number of alkyl halides is 3. The third kappa shape index (κ3) is 3.70. The van der Waals surface area contributed by atoms with E-state index in [4.69, 9.17) is 5.73 Å². The van der Waals surface area contributed by atoms with Gasteiger partial charge in [-0.05, 0) is 11.6 Å². The van der Waals surface area contributed by atoms with Gasteiger partial charge in [0, 0.05) is 18.0 Å². The first-order valence-electron chi connectivity index (χ1n) is 6.39. The van der Waals surface area contributed by atoms with Crippen LogP contribution in [0.25, 0.3) is 0 Å². The van der Waals surface area contributed by atoms with Crippen molar-refractivity contribution in [3.8, 4) is 0 Å². The normalized spacial score (nSPS) is 13.0. The van der Waals surface area contributed by atoms with Crippen molar-refractivity contribution in [1.29, 1.82) is 0 Å². The molecule has 110 valence electrons. The number of rotatable bonds is 4. The number of halogens is 3. The Labute approximate surface area is 120 Å². The molecule has 0 bridgehead atoms. The first-order chi connectivity index (χ1) is 9.89. The summed E-state index contributed by atoms with van der Waals surface area (Å²) in [5.74, 6) is -0.612. The summed E-state index contributed by atoms with van der Waals surface area (Å²) in [6.45, 7) is 0. The molecule has 0 heterocycles. The molecule has 2 aromatic carbocycles. The predicted molar refractivity (Wildman–Crippen MR) is 73.8 cm³/mol. The average Bonchev–Trinajstić information content (AvgIpc) is 2.47. The quantitative estimate of drug-likeness (QED) is 0.866. The van der Waals surface area contributed by atoms with Gasteiger partial charge in [-0.1, -0.05) is 48.5 Å².